The number of amides is 1. The lowest BCUT2D eigenvalue weighted by atomic mass is 9.90. The molecule has 0 spiro atoms. The monoisotopic (exact) mass is 377 g/mol. The van der Waals surface area contributed by atoms with Gasteiger partial charge in [-0.25, -0.2) is 0 Å². The van der Waals surface area contributed by atoms with Crippen molar-refractivity contribution in [2.24, 2.45) is 0 Å². The number of hydrogen-bond donors (Lipinski definition) is 0. The van der Waals surface area contributed by atoms with Gasteiger partial charge in [-0.1, -0.05) is 31.5 Å². The topological polar surface area (TPSA) is 47.3 Å². The third-order valence-electron chi connectivity index (χ3n) is 5.46. The molecule has 1 heterocycles. The van der Waals surface area contributed by atoms with Crippen LogP contribution in [0.2, 0.25) is 0 Å². The van der Waals surface area contributed by atoms with E-state index in [9.17, 15) is 10.1 Å². The Morgan fingerprint density at radius 3 is 2.15 bits per heavy atom. The maximum atomic E-state index is 13.5. The molecule has 1 amide bonds. The molecule has 1 saturated heterocycles. The summed E-state index contributed by atoms with van der Waals surface area (Å²) in [7, 11) is 0. The van der Waals surface area contributed by atoms with Crippen molar-refractivity contribution in [3.8, 4) is 6.07 Å². The standard InChI is InChI=1S/C22H23N3OS/c1-5-22(6-2)20(26)24(19-12-9-17(14-23)16(4)13-19)21(27)25(22)18-10-7-15(3)8-11-18/h7-13H,5-6H2,1-4H3. The van der Waals surface area contributed by atoms with E-state index in [0.29, 0.717) is 29.2 Å². The SMILES string of the molecule is CCC1(CC)C(=O)N(c2ccc(C#N)c(C)c2)C(=S)N1c1ccc(C)cc1. The predicted octanol–water partition coefficient (Wildman–Crippen LogP) is 4.87. The number of carbonyl (C=O) groups is 1. The highest BCUT2D eigenvalue weighted by atomic mass is 32.1. The highest BCUT2D eigenvalue weighted by Crippen LogP contribution is 2.40. The van der Waals surface area contributed by atoms with Gasteiger partial charge in [-0.2, -0.15) is 5.26 Å². The van der Waals surface area contributed by atoms with Crippen LogP contribution in [0.5, 0.6) is 0 Å². The summed E-state index contributed by atoms with van der Waals surface area (Å²) in [6.45, 7) is 7.96. The van der Waals surface area contributed by atoms with Crippen LogP contribution in [0.3, 0.4) is 0 Å². The van der Waals surface area contributed by atoms with E-state index in [0.717, 1.165) is 16.8 Å². The first kappa shape index (κ1) is 19.1. The molecule has 0 saturated carbocycles. The highest BCUT2D eigenvalue weighted by Gasteiger charge is 2.54. The number of benzene rings is 2. The molecule has 4 nitrogen and oxygen atoms in total. The number of nitriles is 1. The zero-order valence-electron chi connectivity index (χ0n) is 16.1. The quantitative estimate of drug-likeness (QED) is 0.713. The van der Waals surface area contributed by atoms with Crippen molar-refractivity contribution in [3.63, 3.8) is 0 Å². The number of rotatable bonds is 4. The summed E-state index contributed by atoms with van der Waals surface area (Å²) in [6, 6.07) is 15.7. The van der Waals surface area contributed by atoms with E-state index in [1.54, 1.807) is 17.0 Å². The Kier molecular flexibility index (Phi) is 5.03. The zero-order valence-corrected chi connectivity index (χ0v) is 16.9. The lowest BCUT2D eigenvalue weighted by Gasteiger charge is -2.34. The summed E-state index contributed by atoms with van der Waals surface area (Å²) in [4.78, 5) is 17.2. The highest BCUT2D eigenvalue weighted by molar-refractivity contribution is 7.81. The van der Waals surface area contributed by atoms with Crippen LogP contribution in [0.4, 0.5) is 11.4 Å². The Balaban J connectivity index is 2.14. The Hall–Kier alpha value is -2.71. The van der Waals surface area contributed by atoms with Crippen LogP contribution in [0.15, 0.2) is 42.5 Å². The Labute approximate surface area is 166 Å². The Morgan fingerprint density at radius 1 is 1.04 bits per heavy atom. The lowest BCUT2D eigenvalue weighted by molar-refractivity contribution is -0.121. The molecule has 0 radical (unpaired) electrons. The zero-order chi connectivity index (χ0) is 19.8. The van der Waals surface area contributed by atoms with Crippen LogP contribution in [0.1, 0.15) is 43.4 Å². The fraction of sp³-hybridized carbons (Fsp3) is 0.318. The number of aryl methyl sites for hydroxylation is 2. The van der Waals surface area contributed by atoms with Crippen molar-refractivity contribution in [1.82, 2.24) is 0 Å². The molecule has 3 rings (SSSR count). The minimum absolute atomic E-state index is 0.0119. The van der Waals surface area contributed by atoms with Crippen LogP contribution >= 0.6 is 12.2 Å². The van der Waals surface area contributed by atoms with Gasteiger partial charge in [-0.15, -0.1) is 0 Å². The van der Waals surface area contributed by atoms with Gasteiger partial charge in [0.25, 0.3) is 5.91 Å². The normalized spacial score (nSPS) is 16.0. The molecule has 2 aromatic rings. The van der Waals surface area contributed by atoms with Crippen molar-refractivity contribution < 1.29 is 4.79 Å². The van der Waals surface area contributed by atoms with E-state index in [2.05, 4.69) is 6.07 Å². The Morgan fingerprint density at radius 2 is 1.63 bits per heavy atom. The van der Waals surface area contributed by atoms with Gasteiger partial charge in [0.1, 0.15) is 5.54 Å². The first-order chi connectivity index (χ1) is 12.9. The molecule has 1 aliphatic rings. The van der Waals surface area contributed by atoms with E-state index in [4.69, 9.17) is 12.2 Å². The third-order valence-corrected chi connectivity index (χ3v) is 5.83. The summed E-state index contributed by atoms with van der Waals surface area (Å²) in [5.74, 6) is -0.0119. The maximum absolute atomic E-state index is 13.5. The van der Waals surface area contributed by atoms with Crippen molar-refractivity contribution >= 4 is 34.6 Å². The van der Waals surface area contributed by atoms with Crippen LogP contribution in [-0.4, -0.2) is 16.6 Å². The molecule has 0 atom stereocenters. The number of hydrogen-bond acceptors (Lipinski definition) is 3. The molecule has 2 aromatic carbocycles. The fourth-order valence-corrected chi connectivity index (χ4v) is 4.20. The van der Waals surface area contributed by atoms with Crippen LogP contribution in [-0.2, 0) is 4.79 Å². The smallest absolute Gasteiger partial charge is 0.259 e. The second-order valence-electron chi connectivity index (χ2n) is 6.94. The molecule has 1 aliphatic heterocycles. The van der Waals surface area contributed by atoms with Crippen molar-refractivity contribution in [3.05, 3.63) is 59.2 Å². The number of anilines is 2. The van der Waals surface area contributed by atoms with E-state index >= 15 is 0 Å². The van der Waals surface area contributed by atoms with Gasteiger partial charge in [-0.3, -0.25) is 9.69 Å². The molecule has 138 valence electrons. The van der Waals surface area contributed by atoms with Gasteiger partial charge in [0.05, 0.1) is 17.3 Å². The van der Waals surface area contributed by atoms with Gasteiger partial charge in [0.2, 0.25) is 0 Å². The van der Waals surface area contributed by atoms with Gasteiger partial charge >= 0.3 is 0 Å². The van der Waals surface area contributed by atoms with Crippen LogP contribution < -0.4 is 9.80 Å². The predicted molar refractivity (Wildman–Crippen MR) is 113 cm³/mol. The first-order valence-electron chi connectivity index (χ1n) is 9.15. The lowest BCUT2D eigenvalue weighted by Crippen LogP contribution is -2.49. The van der Waals surface area contributed by atoms with Crippen molar-refractivity contribution in [2.45, 2.75) is 46.1 Å². The fourth-order valence-electron chi connectivity index (χ4n) is 3.73. The molecule has 0 N–H and O–H groups in total. The minimum Gasteiger partial charge on any atom is -0.303 e. The molecular formula is C22H23N3OS. The molecule has 0 bridgehead atoms. The summed E-state index contributed by atoms with van der Waals surface area (Å²) >= 11 is 5.79. The number of nitrogens with zero attached hydrogens (tertiary/aromatic N) is 3. The van der Waals surface area contributed by atoms with E-state index in [1.165, 1.54) is 0 Å². The van der Waals surface area contributed by atoms with Gasteiger partial charge in [0.15, 0.2) is 5.11 Å². The average molecular weight is 378 g/mol. The summed E-state index contributed by atoms with van der Waals surface area (Å²) < 4.78 is 0. The number of thiocarbonyl (C=S) groups is 1. The molecule has 27 heavy (non-hydrogen) atoms. The molecular weight excluding hydrogens is 354 g/mol. The molecule has 5 heteroatoms. The molecule has 1 fully saturated rings. The second-order valence-corrected chi connectivity index (χ2v) is 7.31. The van der Waals surface area contributed by atoms with E-state index in [1.807, 2.05) is 62.9 Å². The second kappa shape index (κ2) is 7.13. The molecule has 0 aromatic heterocycles. The summed E-state index contributed by atoms with van der Waals surface area (Å²) in [5.41, 5.74) is 3.53. The number of carbonyl (C=O) groups excluding carboxylic acids is 1. The molecule has 0 aliphatic carbocycles. The largest absolute Gasteiger partial charge is 0.303 e. The van der Waals surface area contributed by atoms with E-state index < -0.39 is 5.54 Å². The minimum atomic E-state index is -0.700. The third kappa shape index (κ3) is 2.90. The Bertz CT molecular complexity index is 939. The summed E-state index contributed by atoms with van der Waals surface area (Å²) in [6.07, 6.45) is 1.31. The van der Waals surface area contributed by atoms with Crippen molar-refractivity contribution in [2.75, 3.05) is 9.80 Å². The summed E-state index contributed by atoms with van der Waals surface area (Å²) in [5, 5.41) is 9.67. The van der Waals surface area contributed by atoms with Gasteiger partial charge in [-0.05, 0) is 74.8 Å². The van der Waals surface area contributed by atoms with Gasteiger partial charge < -0.3 is 4.90 Å². The van der Waals surface area contributed by atoms with Crippen LogP contribution in [0, 0.1) is 25.2 Å². The average Bonchev–Trinajstić information content (AvgIpc) is 2.89. The first-order valence-corrected chi connectivity index (χ1v) is 9.56. The molecule has 0 unspecified atom stereocenters. The van der Waals surface area contributed by atoms with Crippen LogP contribution in [0.25, 0.3) is 0 Å². The van der Waals surface area contributed by atoms with Gasteiger partial charge in [0, 0.05) is 5.69 Å². The van der Waals surface area contributed by atoms with Crippen molar-refractivity contribution in [1.29, 1.82) is 5.26 Å². The maximum Gasteiger partial charge on any atom is 0.259 e. The van der Waals surface area contributed by atoms with E-state index in [-0.39, 0.29) is 5.91 Å².